The highest BCUT2D eigenvalue weighted by Crippen LogP contribution is 2.22. The van der Waals surface area contributed by atoms with Crippen molar-refractivity contribution in [2.45, 2.75) is 39.8 Å². The van der Waals surface area contributed by atoms with Gasteiger partial charge in [-0.25, -0.2) is 17.2 Å². The van der Waals surface area contributed by atoms with Gasteiger partial charge in [-0.1, -0.05) is 36.8 Å². The van der Waals surface area contributed by atoms with E-state index < -0.39 is 40.2 Å². The van der Waals surface area contributed by atoms with Crippen LogP contribution in [0.25, 0.3) is 0 Å². The summed E-state index contributed by atoms with van der Waals surface area (Å²) in [6.45, 7) is 5.19. The lowest BCUT2D eigenvalue weighted by Gasteiger charge is -2.32. The number of anilines is 1. The molecule has 180 valence electrons. The fourth-order valence-electron chi connectivity index (χ4n) is 3.36. The molecule has 0 aliphatic carbocycles. The van der Waals surface area contributed by atoms with Crippen molar-refractivity contribution in [1.82, 2.24) is 10.2 Å². The molecule has 2 amide bonds. The van der Waals surface area contributed by atoms with E-state index >= 15 is 0 Å². The molecule has 0 aliphatic rings. The average Bonchev–Trinajstić information content (AvgIpc) is 2.74. The van der Waals surface area contributed by atoms with Crippen LogP contribution in [0.1, 0.15) is 31.4 Å². The number of nitrogens with zero attached hydrogens (tertiary/aromatic N) is 2. The summed E-state index contributed by atoms with van der Waals surface area (Å²) in [4.78, 5) is 27.4. The Balaban J connectivity index is 2.44. The summed E-state index contributed by atoms with van der Waals surface area (Å²) >= 11 is 0. The van der Waals surface area contributed by atoms with Crippen LogP contribution in [0.2, 0.25) is 0 Å². The van der Waals surface area contributed by atoms with Crippen LogP contribution >= 0.6 is 0 Å². The Hall–Kier alpha value is -3.01. The van der Waals surface area contributed by atoms with Crippen LogP contribution in [-0.4, -0.2) is 50.5 Å². The standard InChI is InChI=1S/C23H29F2N3O4S/c1-5-21(23(30)26-6-2)27(14-17-9-7-16(3)8-10-17)22(29)15-28(33(4,31)32)18-11-12-19(24)20(25)13-18/h7-13,21H,5-6,14-15H2,1-4H3,(H,26,30). The van der Waals surface area contributed by atoms with E-state index in [-0.39, 0.29) is 18.1 Å². The number of hydrogen-bond donors (Lipinski definition) is 1. The van der Waals surface area contributed by atoms with E-state index in [0.717, 1.165) is 35.6 Å². The van der Waals surface area contributed by atoms with Crippen LogP contribution in [-0.2, 0) is 26.2 Å². The minimum absolute atomic E-state index is 0.0735. The van der Waals surface area contributed by atoms with Crippen molar-refractivity contribution >= 4 is 27.5 Å². The van der Waals surface area contributed by atoms with Crippen LogP contribution in [0.15, 0.2) is 42.5 Å². The second-order valence-electron chi connectivity index (χ2n) is 7.69. The number of sulfonamides is 1. The van der Waals surface area contributed by atoms with Crippen molar-refractivity contribution in [3.8, 4) is 0 Å². The quantitative estimate of drug-likeness (QED) is 0.565. The summed E-state index contributed by atoms with van der Waals surface area (Å²) in [5.41, 5.74) is 1.59. The zero-order valence-corrected chi connectivity index (χ0v) is 20.0. The number of rotatable bonds is 10. The molecule has 0 fully saturated rings. The van der Waals surface area contributed by atoms with Crippen molar-refractivity contribution in [3.63, 3.8) is 0 Å². The smallest absolute Gasteiger partial charge is 0.244 e. The maximum absolute atomic E-state index is 13.8. The van der Waals surface area contributed by atoms with E-state index in [1.54, 1.807) is 13.8 Å². The molecule has 0 heterocycles. The van der Waals surface area contributed by atoms with Crippen LogP contribution in [0, 0.1) is 18.6 Å². The Kier molecular flexibility index (Phi) is 8.92. The molecule has 1 N–H and O–H groups in total. The van der Waals surface area contributed by atoms with E-state index in [2.05, 4.69) is 5.32 Å². The Morgan fingerprint density at radius 1 is 1.03 bits per heavy atom. The van der Waals surface area contributed by atoms with Gasteiger partial charge in [0, 0.05) is 19.2 Å². The van der Waals surface area contributed by atoms with Crippen LogP contribution in [0.5, 0.6) is 0 Å². The molecule has 2 rings (SSSR count). The third-order valence-electron chi connectivity index (χ3n) is 5.08. The fourth-order valence-corrected chi connectivity index (χ4v) is 4.20. The second kappa shape index (κ2) is 11.2. The largest absolute Gasteiger partial charge is 0.355 e. The van der Waals surface area contributed by atoms with Gasteiger partial charge in [0.15, 0.2) is 11.6 Å². The Labute approximate surface area is 193 Å². The first-order valence-electron chi connectivity index (χ1n) is 10.5. The molecule has 0 saturated carbocycles. The van der Waals surface area contributed by atoms with Gasteiger partial charge in [-0.2, -0.15) is 0 Å². The zero-order chi connectivity index (χ0) is 24.8. The van der Waals surface area contributed by atoms with Gasteiger partial charge >= 0.3 is 0 Å². The second-order valence-corrected chi connectivity index (χ2v) is 9.60. The number of amides is 2. The van der Waals surface area contributed by atoms with E-state index in [9.17, 15) is 26.8 Å². The monoisotopic (exact) mass is 481 g/mol. The maximum atomic E-state index is 13.8. The lowest BCUT2D eigenvalue weighted by atomic mass is 10.1. The van der Waals surface area contributed by atoms with Crippen molar-refractivity contribution in [1.29, 1.82) is 0 Å². The molecule has 2 aromatic rings. The molecule has 0 spiro atoms. The van der Waals surface area contributed by atoms with Crippen molar-refractivity contribution in [2.24, 2.45) is 0 Å². The third kappa shape index (κ3) is 6.98. The predicted molar refractivity (Wildman–Crippen MR) is 123 cm³/mol. The molecule has 7 nitrogen and oxygen atoms in total. The highest BCUT2D eigenvalue weighted by atomic mass is 32.2. The van der Waals surface area contributed by atoms with Crippen LogP contribution in [0.3, 0.4) is 0 Å². The molecule has 0 aromatic heterocycles. The molecule has 1 atom stereocenters. The summed E-state index contributed by atoms with van der Waals surface area (Å²) in [5, 5.41) is 2.70. The zero-order valence-electron chi connectivity index (χ0n) is 19.1. The minimum atomic E-state index is -4.02. The molecule has 0 bridgehead atoms. The van der Waals surface area contributed by atoms with Gasteiger partial charge in [0.05, 0.1) is 11.9 Å². The first kappa shape index (κ1) is 26.2. The third-order valence-corrected chi connectivity index (χ3v) is 6.22. The van der Waals surface area contributed by atoms with Crippen molar-refractivity contribution < 1.29 is 26.8 Å². The molecule has 0 aliphatic heterocycles. The van der Waals surface area contributed by atoms with E-state index in [4.69, 9.17) is 0 Å². The fraction of sp³-hybridized carbons (Fsp3) is 0.391. The maximum Gasteiger partial charge on any atom is 0.244 e. The number of carbonyl (C=O) groups is 2. The topological polar surface area (TPSA) is 86.8 Å². The number of hydrogen-bond acceptors (Lipinski definition) is 4. The molecule has 0 radical (unpaired) electrons. The Bertz CT molecular complexity index is 1090. The molecule has 1 unspecified atom stereocenters. The van der Waals surface area contributed by atoms with Crippen molar-refractivity contribution in [2.75, 3.05) is 23.7 Å². The van der Waals surface area contributed by atoms with Gasteiger partial charge in [-0.05, 0) is 38.0 Å². The van der Waals surface area contributed by atoms with Gasteiger partial charge in [0.1, 0.15) is 12.6 Å². The van der Waals surface area contributed by atoms with Gasteiger partial charge in [-0.3, -0.25) is 13.9 Å². The van der Waals surface area contributed by atoms with E-state index in [0.29, 0.717) is 17.3 Å². The molecular formula is C23H29F2N3O4S. The number of carbonyl (C=O) groups excluding carboxylic acids is 2. The first-order chi connectivity index (χ1) is 15.5. The Morgan fingerprint density at radius 2 is 1.67 bits per heavy atom. The highest BCUT2D eigenvalue weighted by molar-refractivity contribution is 7.92. The lowest BCUT2D eigenvalue weighted by molar-refractivity contribution is -0.140. The molecule has 10 heteroatoms. The minimum Gasteiger partial charge on any atom is -0.355 e. The van der Waals surface area contributed by atoms with Crippen LogP contribution < -0.4 is 9.62 Å². The van der Waals surface area contributed by atoms with Gasteiger partial charge in [0.25, 0.3) is 0 Å². The predicted octanol–water partition coefficient (Wildman–Crippen LogP) is 2.98. The molecule has 2 aromatic carbocycles. The van der Waals surface area contributed by atoms with Gasteiger partial charge in [0.2, 0.25) is 21.8 Å². The van der Waals surface area contributed by atoms with E-state index in [1.165, 1.54) is 4.90 Å². The number of halogens is 2. The summed E-state index contributed by atoms with van der Waals surface area (Å²) in [6.07, 6.45) is 1.17. The summed E-state index contributed by atoms with van der Waals surface area (Å²) in [5.74, 6) is -3.39. The average molecular weight is 482 g/mol. The summed E-state index contributed by atoms with van der Waals surface area (Å²) in [7, 11) is -4.02. The molecular weight excluding hydrogens is 452 g/mol. The first-order valence-corrected chi connectivity index (χ1v) is 12.4. The van der Waals surface area contributed by atoms with Crippen molar-refractivity contribution in [3.05, 3.63) is 65.2 Å². The molecule has 33 heavy (non-hydrogen) atoms. The van der Waals surface area contributed by atoms with Gasteiger partial charge in [-0.15, -0.1) is 0 Å². The highest BCUT2D eigenvalue weighted by Gasteiger charge is 2.31. The normalized spacial score (nSPS) is 12.2. The Morgan fingerprint density at radius 3 is 2.18 bits per heavy atom. The van der Waals surface area contributed by atoms with E-state index in [1.807, 2.05) is 31.2 Å². The lowest BCUT2D eigenvalue weighted by Crippen LogP contribution is -2.52. The summed E-state index contributed by atoms with van der Waals surface area (Å²) < 4.78 is 52.7. The SMILES string of the molecule is CCNC(=O)C(CC)N(Cc1ccc(C)cc1)C(=O)CN(c1ccc(F)c(F)c1)S(C)(=O)=O. The number of likely N-dealkylation sites (N-methyl/N-ethyl adjacent to an activating group) is 1. The number of benzene rings is 2. The summed E-state index contributed by atoms with van der Waals surface area (Å²) in [6, 6.07) is 9.14. The number of nitrogens with one attached hydrogen (secondary N) is 1. The van der Waals surface area contributed by atoms with Crippen LogP contribution in [0.4, 0.5) is 14.5 Å². The van der Waals surface area contributed by atoms with Gasteiger partial charge < -0.3 is 10.2 Å². The number of aryl methyl sites for hydroxylation is 1. The molecule has 0 saturated heterocycles.